The van der Waals surface area contributed by atoms with Crippen LogP contribution in [0.1, 0.15) is 69.3 Å². The maximum Gasteiger partial charge on any atom is 0.314 e. The van der Waals surface area contributed by atoms with Crippen LogP contribution in [0.2, 0.25) is 0 Å². The molecule has 0 bridgehead atoms. The van der Waals surface area contributed by atoms with Crippen LogP contribution in [0, 0.1) is 12.8 Å². The van der Waals surface area contributed by atoms with Crippen molar-refractivity contribution in [3.63, 3.8) is 0 Å². The Bertz CT molecular complexity index is 1030. The summed E-state index contributed by atoms with van der Waals surface area (Å²) < 4.78 is 11.1. The largest absolute Gasteiger partial charge is 0.481 e. The van der Waals surface area contributed by atoms with E-state index in [1.54, 1.807) is 6.26 Å². The zero-order chi connectivity index (χ0) is 25.0. The number of carbonyl (C=O) groups excluding carboxylic acids is 1. The number of hydrogen-bond acceptors (Lipinski definition) is 5. The van der Waals surface area contributed by atoms with Crippen molar-refractivity contribution in [3.05, 3.63) is 47.4 Å². The Balaban J connectivity index is 1.72. The predicted octanol–water partition coefficient (Wildman–Crippen LogP) is 5.31. The number of nitrogens with one attached hydrogen (secondary N) is 1. The first kappa shape index (κ1) is 25.3. The lowest BCUT2D eigenvalue weighted by Crippen LogP contribution is -2.42. The molecule has 1 aromatic heterocycles. The molecule has 1 aliphatic heterocycles. The van der Waals surface area contributed by atoms with E-state index < -0.39 is 11.4 Å². The van der Waals surface area contributed by atoms with Crippen molar-refractivity contribution in [1.82, 2.24) is 0 Å². The highest BCUT2D eigenvalue weighted by Gasteiger charge is 2.43. The minimum Gasteiger partial charge on any atom is -0.481 e. The van der Waals surface area contributed by atoms with E-state index in [2.05, 4.69) is 24.1 Å². The molecule has 0 radical (unpaired) electrons. The van der Waals surface area contributed by atoms with Gasteiger partial charge < -0.3 is 24.5 Å². The molecule has 0 atom stereocenters. The van der Waals surface area contributed by atoms with Gasteiger partial charge in [0.05, 0.1) is 29.5 Å². The van der Waals surface area contributed by atoms with Crippen molar-refractivity contribution >= 4 is 23.3 Å². The van der Waals surface area contributed by atoms with Crippen LogP contribution in [0.25, 0.3) is 0 Å². The van der Waals surface area contributed by atoms with Gasteiger partial charge in [0.25, 0.3) is 0 Å². The van der Waals surface area contributed by atoms with Crippen molar-refractivity contribution < 1.29 is 23.8 Å². The number of nitrogens with zero attached hydrogens (tertiary/aromatic N) is 1. The lowest BCUT2D eigenvalue weighted by Gasteiger charge is -2.39. The summed E-state index contributed by atoms with van der Waals surface area (Å²) in [7, 11) is 0. The molecule has 2 N–H and O–H groups in total. The Hall–Kier alpha value is -2.80. The van der Waals surface area contributed by atoms with E-state index in [-0.39, 0.29) is 12.3 Å². The van der Waals surface area contributed by atoms with Crippen LogP contribution in [0.3, 0.4) is 0 Å². The second-order valence-electron chi connectivity index (χ2n) is 10.5. The van der Waals surface area contributed by atoms with Gasteiger partial charge in [-0.25, -0.2) is 0 Å². The fraction of sp³-hybridized carbons (Fsp3) is 0.571. The zero-order valence-electron chi connectivity index (χ0n) is 21.1. The Morgan fingerprint density at radius 2 is 1.89 bits per heavy atom. The molecule has 1 aliphatic carbocycles. The molecule has 2 heterocycles. The summed E-state index contributed by atoms with van der Waals surface area (Å²) in [6, 6.07) is 8.06. The SMILES string of the molecule is Cc1coc(CC(=O)Nc2cc(C3(C(=O)O)CCCC3)ccc2N(CC(C)C)C2CCOCC2)c1. The molecular weight excluding hydrogens is 444 g/mol. The number of carboxylic acid groups (broad SMARTS) is 1. The third-order valence-electron chi connectivity index (χ3n) is 7.31. The number of amides is 1. The number of carbonyl (C=O) groups is 2. The minimum atomic E-state index is -0.891. The first-order chi connectivity index (χ1) is 16.8. The van der Waals surface area contributed by atoms with Crippen LogP contribution in [0.5, 0.6) is 0 Å². The van der Waals surface area contributed by atoms with Crippen LogP contribution >= 0.6 is 0 Å². The molecule has 35 heavy (non-hydrogen) atoms. The van der Waals surface area contributed by atoms with Crippen LogP contribution < -0.4 is 10.2 Å². The maximum atomic E-state index is 13.1. The monoisotopic (exact) mass is 482 g/mol. The van der Waals surface area contributed by atoms with E-state index in [4.69, 9.17) is 9.15 Å². The molecule has 190 valence electrons. The topological polar surface area (TPSA) is 92.0 Å². The molecule has 0 unspecified atom stereocenters. The number of carboxylic acids is 1. The highest BCUT2D eigenvalue weighted by Crippen LogP contribution is 2.44. The quantitative estimate of drug-likeness (QED) is 0.503. The molecule has 1 saturated carbocycles. The van der Waals surface area contributed by atoms with Gasteiger partial charge >= 0.3 is 5.97 Å². The first-order valence-electron chi connectivity index (χ1n) is 12.8. The molecule has 1 saturated heterocycles. The summed E-state index contributed by atoms with van der Waals surface area (Å²) in [5, 5.41) is 13.3. The molecule has 2 aliphatic rings. The van der Waals surface area contributed by atoms with Gasteiger partial charge in [0.1, 0.15) is 5.76 Å². The average molecular weight is 483 g/mol. The summed E-state index contributed by atoms with van der Waals surface area (Å²) in [6.07, 6.45) is 6.65. The van der Waals surface area contributed by atoms with E-state index in [1.807, 2.05) is 31.2 Å². The van der Waals surface area contributed by atoms with Gasteiger partial charge in [0.2, 0.25) is 5.91 Å². The minimum absolute atomic E-state index is 0.128. The summed E-state index contributed by atoms with van der Waals surface area (Å²) in [5.41, 5.74) is 2.47. The molecule has 7 heteroatoms. The normalized spacial score (nSPS) is 18.1. The third kappa shape index (κ3) is 5.72. The summed E-state index contributed by atoms with van der Waals surface area (Å²) >= 11 is 0. The third-order valence-corrected chi connectivity index (χ3v) is 7.31. The zero-order valence-corrected chi connectivity index (χ0v) is 21.1. The molecule has 0 spiro atoms. The molecule has 1 amide bonds. The number of furan rings is 1. The van der Waals surface area contributed by atoms with E-state index in [0.717, 1.165) is 62.3 Å². The van der Waals surface area contributed by atoms with E-state index in [0.29, 0.717) is 36.2 Å². The van der Waals surface area contributed by atoms with E-state index in [1.165, 1.54) is 0 Å². The van der Waals surface area contributed by atoms with Crippen molar-refractivity contribution in [2.75, 3.05) is 30.0 Å². The van der Waals surface area contributed by atoms with E-state index >= 15 is 0 Å². The Morgan fingerprint density at radius 1 is 1.17 bits per heavy atom. The highest BCUT2D eigenvalue weighted by molar-refractivity contribution is 5.96. The Labute approximate surface area is 207 Å². The molecule has 7 nitrogen and oxygen atoms in total. The van der Waals surface area contributed by atoms with Crippen molar-refractivity contribution in [3.8, 4) is 0 Å². The van der Waals surface area contributed by atoms with Crippen molar-refractivity contribution in [1.29, 1.82) is 0 Å². The van der Waals surface area contributed by atoms with Crippen LogP contribution in [-0.2, 0) is 26.2 Å². The fourth-order valence-electron chi connectivity index (χ4n) is 5.56. The highest BCUT2D eigenvalue weighted by atomic mass is 16.5. The Morgan fingerprint density at radius 3 is 2.49 bits per heavy atom. The Kier molecular flexibility index (Phi) is 7.85. The summed E-state index contributed by atoms with van der Waals surface area (Å²) in [5.74, 6) is 0.0749. The van der Waals surface area contributed by atoms with Gasteiger partial charge in [-0.2, -0.15) is 0 Å². The molecular formula is C28H38N2O5. The molecule has 2 fully saturated rings. The number of aliphatic carboxylic acids is 1. The molecule has 1 aromatic carbocycles. The summed E-state index contributed by atoms with van der Waals surface area (Å²) in [6.45, 7) is 8.59. The predicted molar refractivity (Wildman–Crippen MR) is 136 cm³/mol. The summed E-state index contributed by atoms with van der Waals surface area (Å²) in [4.78, 5) is 27.9. The van der Waals surface area contributed by atoms with Gasteiger partial charge in [-0.1, -0.05) is 32.8 Å². The smallest absolute Gasteiger partial charge is 0.314 e. The number of benzene rings is 1. The molecule has 2 aromatic rings. The standard InChI is InChI=1S/C28H38N2O5/c1-19(2)17-30(22-8-12-34-13-9-22)25-7-6-21(28(27(32)33)10-4-5-11-28)15-24(25)29-26(31)16-23-14-20(3)18-35-23/h6-7,14-15,18-19,22H,4-5,8-13,16-17H2,1-3H3,(H,29,31)(H,32,33). The molecule has 4 rings (SSSR count). The van der Waals surface area contributed by atoms with Gasteiger partial charge in [-0.05, 0) is 67.9 Å². The van der Waals surface area contributed by atoms with Crippen LogP contribution in [-0.4, -0.2) is 42.8 Å². The lowest BCUT2D eigenvalue weighted by molar-refractivity contribution is -0.143. The number of aryl methyl sites for hydroxylation is 1. The van der Waals surface area contributed by atoms with E-state index in [9.17, 15) is 14.7 Å². The van der Waals surface area contributed by atoms with Gasteiger partial charge in [0, 0.05) is 25.8 Å². The van der Waals surface area contributed by atoms with Gasteiger partial charge in [-0.3, -0.25) is 9.59 Å². The van der Waals surface area contributed by atoms with Gasteiger partial charge in [0.15, 0.2) is 0 Å². The van der Waals surface area contributed by atoms with Crippen LogP contribution in [0.4, 0.5) is 11.4 Å². The lowest BCUT2D eigenvalue weighted by atomic mass is 9.78. The average Bonchev–Trinajstić information content (AvgIpc) is 3.48. The second-order valence-corrected chi connectivity index (χ2v) is 10.5. The van der Waals surface area contributed by atoms with Crippen LogP contribution in [0.15, 0.2) is 34.9 Å². The number of rotatable bonds is 9. The second kappa shape index (κ2) is 10.9. The fourth-order valence-corrected chi connectivity index (χ4v) is 5.56. The first-order valence-corrected chi connectivity index (χ1v) is 12.8. The van der Waals surface area contributed by atoms with Gasteiger partial charge in [-0.15, -0.1) is 0 Å². The van der Waals surface area contributed by atoms with Crippen molar-refractivity contribution in [2.24, 2.45) is 5.92 Å². The van der Waals surface area contributed by atoms with Crippen molar-refractivity contribution in [2.45, 2.75) is 77.2 Å². The number of anilines is 2. The number of hydrogen-bond donors (Lipinski definition) is 2. The maximum absolute atomic E-state index is 13.1. The number of ether oxygens (including phenoxy) is 1.